The van der Waals surface area contributed by atoms with Crippen molar-refractivity contribution in [2.24, 2.45) is 0 Å². The number of carbonyl (C=O) groups is 1. The van der Waals surface area contributed by atoms with Crippen molar-refractivity contribution in [2.45, 2.75) is 45.6 Å². The number of hydrogen-bond donors (Lipinski definition) is 1. The molecule has 1 aromatic rings. The average Bonchev–Trinajstić information content (AvgIpc) is 2.38. The smallest absolute Gasteiger partial charge is 0.251 e. The lowest BCUT2D eigenvalue weighted by atomic mass is 9.95. The lowest BCUT2D eigenvalue weighted by molar-refractivity contribution is 0.0942. The highest BCUT2D eigenvalue weighted by atomic mass is 16.1. The summed E-state index contributed by atoms with van der Waals surface area (Å²) in [4.78, 5) is 12.0. The van der Waals surface area contributed by atoms with Crippen LogP contribution in [0.3, 0.4) is 0 Å². The Morgan fingerprint density at radius 1 is 1.38 bits per heavy atom. The predicted molar refractivity (Wildman–Crippen MR) is 65.8 cm³/mol. The zero-order valence-corrected chi connectivity index (χ0v) is 10.2. The fourth-order valence-corrected chi connectivity index (χ4v) is 2.13. The van der Waals surface area contributed by atoms with Crippen LogP contribution in [0.5, 0.6) is 0 Å². The Morgan fingerprint density at radius 3 is 2.81 bits per heavy atom. The molecule has 1 N–H and O–H groups in total. The second-order valence-electron chi connectivity index (χ2n) is 4.98. The molecule has 0 spiro atoms. The summed E-state index contributed by atoms with van der Waals surface area (Å²) in [5, 5.41) is 3.03. The Morgan fingerprint density at radius 2 is 2.12 bits per heavy atom. The van der Waals surface area contributed by atoms with Crippen molar-refractivity contribution in [3.63, 3.8) is 0 Å². The highest BCUT2D eigenvalue weighted by Gasteiger charge is 2.19. The van der Waals surface area contributed by atoms with E-state index in [1.54, 1.807) is 0 Å². The van der Waals surface area contributed by atoms with Gasteiger partial charge >= 0.3 is 0 Å². The van der Waals surface area contributed by atoms with E-state index in [9.17, 15) is 4.79 Å². The summed E-state index contributed by atoms with van der Waals surface area (Å²) in [6.45, 7) is 6.37. The molecule has 2 rings (SSSR count). The van der Waals surface area contributed by atoms with E-state index < -0.39 is 0 Å². The van der Waals surface area contributed by atoms with Gasteiger partial charge in [-0.2, -0.15) is 0 Å². The summed E-state index contributed by atoms with van der Waals surface area (Å²) in [5.41, 5.74) is 3.30. The van der Waals surface area contributed by atoms with Crippen LogP contribution in [0.4, 0.5) is 0 Å². The molecule has 0 saturated carbocycles. The summed E-state index contributed by atoms with van der Waals surface area (Å²) in [6.07, 6.45) is 2.02. The maximum absolute atomic E-state index is 12.0. The number of benzene rings is 1. The summed E-state index contributed by atoms with van der Waals surface area (Å²) in [6, 6.07) is 6.59. The second-order valence-corrected chi connectivity index (χ2v) is 4.98. The van der Waals surface area contributed by atoms with Crippen LogP contribution in [0.15, 0.2) is 18.2 Å². The van der Waals surface area contributed by atoms with Crippen LogP contribution in [0.25, 0.3) is 0 Å². The van der Waals surface area contributed by atoms with Gasteiger partial charge in [0, 0.05) is 11.6 Å². The van der Waals surface area contributed by atoms with Gasteiger partial charge in [0.1, 0.15) is 0 Å². The molecular formula is C14H19NO. The molecule has 0 fully saturated rings. The van der Waals surface area contributed by atoms with Gasteiger partial charge in [-0.15, -0.1) is 0 Å². The minimum Gasteiger partial charge on any atom is -0.350 e. The summed E-state index contributed by atoms with van der Waals surface area (Å²) in [7, 11) is 0. The van der Waals surface area contributed by atoms with Crippen molar-refractivity contribution in [3.8, 4) is 0 Å². The van der Waals surface area contributed by atoms with Crippen molar-refractivity contribution in [3.05, 3.63) is 34.9 Å². The van der Waals surface area contributed by atoms with Crippen LogP contribution >= 0.6 is 0 Å². The molecule has 0 aliphatic carbocycles. The first-order chi connectivity index (χ1) is 7.58. The topological polar surface area (TPSA) is 29.1 Å². The SMILES string of the molecule is CC1CCc2ccc(C(C)C)cc2C(=O)N1. The Balaban J connectivity index is 2.41. The largest absolute Gasteiger partial charge is 0.350 e. The van der Waals surface area contributed by atoms with Crippen molar-refractivity contribution >= 4 is 5.91 Å². The molecule has 1 aliphatic rings. The van der Waals surface area contributed by atoms with Gasteiger partial charge < -0.3 is 5.32 Å². The van der Waals surface area contributed by atoms with Crippen molar-refractivity contribution in [2.75, 3.05) is 0 Å². The third-order valence-corrected chi connectivity index (χ3v) is 3.27. The highest BCUT2D eigenvalue weighted by Crippen LogP contribution is 2.22. The van der Waals surface area contributed by atoms with E-state index in [2.05, 4.69) is 38.2 Å². The van der Waals surface area contributed by atoms with Gasteiger partial charge in [-0.3, -0.25) is 4.79 Å². The number of rotatable bonds is 1. The number of carbonyl (C=O) groups excluding carboxylic acids is 1. The quantitative estimate of drug-likeness (QED) is 0.770. The molecular weight excluding hydrogens is 198 g/mol. The minimum absolute atomic E-state index is 0.0856. The molecule has 1 atom stereocenters. The number of hydrogen-bond acceptors (Lipinski definition) is 1. The molecule has 0 bridgehead atoms. The third-order valence-electron chi connectivity index (χ3n) is 3.27. The normalized spacial score (nSPS) is 20.2. The molecule has 1 unspecified atom stereocenters. The zero-order chi connectivity index (χ0) is 11.7. The van der Waals surface area contributed by atoms with Crippen molar-refractivity contribution < 1.29 is 4.79 Å². The van der Waals surface area contributed by atoms with E-state index in [1.165, 1.54) is 11.1 Å². The van der Waals surface area contributed by atoms with Gasteiger partial charge in [-0.25, -0.2) is 0 Å². The van der Waals surface area contributed by atoms with E-state index in [4.69, 9.17) is 0 Å². The lowest BCUT2D eigenvalue weighted by Crippen LogP contribution is -2.30. The first-order valence-corrected chi connectivity index (χ1v) is 6.01. The van der Waals surface area contributed by atoms with Gasteiger partial charge in [0.15, 0.2) is 0 Å². The third kappa shape index (κ3) is 2.11. The molecule has 0 saturated heterocycles. The molecule has 1 heterocycles. The summed E-state index contributed by atoms with van der Waals surface area (Å²) in [5.74, 6) is 0.557. The van der Waals surface area contributed by atoms with Crippen molar-refractivity contribution in [1.29, 1.82) is 0 Å². The van der Waals surface area contributed by atoms with Crippen LogP contribution in [0.1, 0.15) is 54.6 Å². The second kappa shape index (κ2) is 4.28. The summed E-state index contributed by atoms with van der Waals surface area (Å²) < 4.78 is 0. The minimum atomic E-state index is 0.0856. The van der Waals surface area contributed by atoms with Crippen LogP contribution in [-0.2, 0) is 6.42 Å². The predicted octanol–water partition coefficient (Wildman–Crippen LogP) is 2.87. The van der Waals surface area contributed by atoms with E-state index in [0.717, 1.165) is 18.4 Å². The molecule has 0 radical (unpaired) electrons. The Kier molecular flexibility index (Phi) is 2.99. The Bertz CT molecular complexity index is 409. The van der Waals surface area contributed by atoms with E-state index in [1.807, 2.05) is 6.07 Å². The van der Waals surface area contributed by atoms with Crippen LogP contribution in [0.2, 0.25) is 0 Å². The Labute approximate surface area is 97.1 Å². The first-order valence-electron chi connectivity index (χ1n) is 6.01. The summed E-state index contributed by atoms with van der Waals surface area (Å²) >= 11 is 0. The zero-order valence-electron chi connectivity index (χ0n) is 10.2. The van der Waals surface area contributed by atoms with Gasteiger partial charge in [-0.1, -0.05) is 26.0 Å². The lowest BCUT2D eigenvalue weighted by Gasteiger charge is -2.10. The number of fused-ring (bicyclic) bond motifs is 1. The highest BCUT2D eigenvalue weighted by molar-refractivity contribution is 5.96. The maximum Gasteiger partial charge on any atom is 0.251 e. The van der Waals surface area contributed by atoms with Gasteiger partial charge in [-0.05, 0) is 42.9 Å². The van der Waals surface area contributed by atoms with Crippen LogP contribution in [-0.4, -0.2) is 11.9 Å². The van der Waals surface area contributed by atoms with Gasteiger partial charge in [0.2, 0.25) is 0 Å². The number of nitrogens with one attached hydrogen (secondary N) is 1. The van der Waals surface area contributed by atoms with E-state index in [-0.39, 0.29) is 11.9 Å². The molecule has 2 nitrogen and oxygen atoms in total. The molecule has 1 aliphatic heterocycles. The van der Waals surface area contributed by atoms with Crippen molar-refractivity contribution in [1.82, 2.24) is 5.32 Å². The van der Waals surface area contributed by atoms with Gasteiger partial charge in [0.05, 0.1) is 0 Å². The molecule has 0 aromatic heterocycles. The Hall–Kier alpha value is -1.31. The fraction of sp³-hybridized carbons (Fsp3) is 0.500. The maximum atomic E-state index is 12.0. The van der Waals surface area contributed by atoms with E-state index in [0.29, 0.717) is 5.92 Å². The molecule has 1 amide bonds. The van der Waals surface area contributed by atoms with E-state index >= 15 is 0 Å². The number of aryl methyl sites for hydroxylation is 1. The average molecular weight is 217 g/mol. The molecule has 1 aromatic carbocycles. The van der Waals surface area contributed by atoms with Crippen LogP contribution in [0, 0.1) is 0 Å². The molecule has 2 heteroatoms. The van der Waals surface area contributed by atoms with Crippen LogP contribution < -0.4 is 5.32 Å². The molecule has 16 heavy (non-hydrogen) atoms. The monoisotopic (exact) mass is 217 g/mol. The van der Waals surface area contributed by atoms with Gasteiger partial charge in [0.25, 0.3) is 5.91 Å². The standard InChI is InChI=1S/C14H19NO/c1-9(2)12-7-6-11-5-4-10(3)15-14(16)13(11)8-12/h6-10H,4-5H2,1-3H3,(H,15,16). The molecule has 86 valence electrons. The first kappa shape index (κ1) is 11.2. The fourth-order valence-electron chi connectivity index (χ4n) is 2.13. The number of amides is 1.